The first-order valence-corrected chi connectivity index (χ1v) is 7.20. The topological polar surface area (TPSA) is 63.0 Å². The van der Waals surface area contributed by atoms with Gasteiger partial charge in [0.05, 0.1) is 28.2 Å². The maximum absolute atomic E-state index is 9.51. The first-order valence-electron chi connectivity index (χ1n) is 6.41. The Morgan fingerprint density at radius 3 is 2.81 bits per heavy atom. The number of anilines is 1. The summed E-state index contributed by atoms with van der Waals surface area (Å²) in [6, 6.07) is 13.3. The molecule has 2 aromatic carbocycles. The molecular formula is C15H13BrN4O. The van der Waals surface area contributed by atoms with E-state index in [9.17, 15) is 5.11 Å². The van der Waals surface area contributed by atoms with Gasteiger partial charge < -0.3 is 10.4 Å². The zero-order chi connectivity index (χ0) is 14.7. The Kier molecular flexibility index (Phi) is 3.87. The number of aromatic nitrogens is 3. The smallest absolute Gasteiger partial charge is 0.129 e. The van der Waals surface area contributed by atoms with Gasteiger partial charge in [0.1, 0.15) is 5.75 Å². The molecular weight excluding hydrogens is 332 g/mol. The molecule has 0 amide bonds. The molecule has 0 atom stereocenters. The van der Waals surface area contributed by atoms with E-state index in [0.717, 1.165) is 16.9 Å². The summed E-state index contributed by atoms with van der Waals surface area (Å²) < 4.78 is 2.40. The molecule has 5 nitrogen and oxygen atoms in total. The maximum Gasteiger partial charge on any atom is 0.129 e. The number of hydrogen-bond donors (Lipinski definition) is 2. The average molecular weight is 345 g/mol. The van der Waals surface area contributed by atoms with Gasteiger partial charge in [-0.25, -0.2) is 4.68 Å². The summed E-state index contributed by atoms with van der Waals surface area (Å²) in [5.41, 5.74) is 2.97. The van der Waals surface area contributed by atoms with Gasteiger partial charge in [0.15, 0.2) is 0 Å². The molecule has 1 heterocycles. The average Bonchev–Trinajstić information content (AvgIpc) is 3.03. The van der Waals surface area contributed by atoms with E-state index >= 15 is 0 Å². The molecule has 106 valence electrons. The summed E-state index contributed by atoms with van der Waals surface area (Å²) in [6.07, 6.45) is 3.45. The lowest BCUT2D eigenvalue weighted by molar-refractivity contribution is 0.471. The molecule has 6 heteroatoms. The van der Waals surface area contributed by atoms with Crippen molar-refractivity contribution in [3.63, 3.8) is 0 Å². The number of nitrogens with one attached hydrogen (secondary N) is 1. The predicted octanol–water partition coefficient (Wildman–Crippen LogP) is 3.35. The number of aromatic hydroxyl groups is 1. The normalized spacial score (nSPS) is 10.5. The number of phenolic OH excluding ortho intramolecular Hbond substituents is 1. The van der Waals surface area contributed by atoms with Crippen molar-refractivity contribution in [2.24, 2.45) is 0 Å². The Morgan fingerprint density at radius 2 is 2.05 bits per heavy atom. The number of rotatable bonds is 4. The van der Waals surface area contributed by atoms with Crippen LogP contribution in [0.1, 0.15) is 5.56 Å². The minimum Gasteiger partial charge on any atom is -0.507 e. The highest BCUT2D eigenvalue weighted by atomic mass is 79.9. The van der Waals surface area contributed by atoms with Crippen LogP contribution in [0.3, 0.4) is 0 Å². The van der Waals surface area contributed by atoms with E-state index in [1.807, 2.05) is 36.4 Å². The van der Waals surface area contributed by atoms with Crippen LogP contribution in [0.4, 0.5) is 5.69 Å². The Labute approximate surface area is 130 Å². The van der Waals surface area contributed by atoms with Crippen LogP contribution in [0.15, 0.2) is 59.3 Å². The van der Waals surface area contributed by atoms with Crippen LogP contribution < -0.4 is 5.32 Å². The number of phenols is 1. The van der Waals surface area contributed by atoms with Gasteiger partial charge in [-0.2, -0.15) is 0 Å². The number of benzene rings is 2. The lowest BCUT2D eigenvalue weighted by Gasteiger charge is -2.12. The van der Waals surface area contributed by atoms with Gasteiger partial charge in [-0.1, -0.05) is 23.4 Å². The van der Waals surface area contributed by atoms with Crippen LogP contribution >= 0.6 is 15.9 Å². The third kappa shape index (κ3) is 3.05. The second-order valence-corrected chi connectivity index (χ2v) is 5.36. The summed E-state index contributed by atoms with van der Waals surface area (Å²) >= 11 is 3.32. The summed E-state index contributed by atoms with van der Waals surface area (Å²) in [6.45, 7) is 0.643. The molecule has 2 N–H and O–H groups in total. The van der Waals surface area contributed by atoms with Crippen molar-refractivity contribution in [3.8, 4) is 11.4 Å². The molecule has 0 unspecified atom stereocenters. The van der Waals surface area contributed by atoms with Crippen molar-refractivity contribution in [2.75, 3.05) is 5.32 Å². The van der Waals surface area contributed by atoms with Crippen LogP contribution in [0, 0.1) is 0 Å². The Bertz CT molecular complexity index is 743. The van der Waals surface area contributed by atoms with E-state index in [2.05, 4.69) is 31.6 Å². The summed E-state index contributed by atoms with van der Waals surface area (Å²) in [5.74, 6) is 0.238. The number of halogens is 1. The molecule has 0 saturated heterocycles. The van der Waals surface area contributed by atoms with E-state index in [4.69, 9.17) is 0 Å². The van der Waals surface area contributed by atoms with Crippen LogP contribution in [-0.2, 0) is 6.54 Å². The van der Waals surface area contributed by atoms with Gasteiger partial charge in [-0.3, -0.25) is 0 Å². The SMILES string of the molecule is Oc1ccc(CNc2ccccc2-n2ccnn2)cc1Br. The Morgan fingerprint density at radius 1 is 1.19 bits per heavy atom. The second kappa shape index (κ2) is 5.97. The highest BCUT2D eigenvalue weighted by Crippen LogP contribution is 2.25. The van der Waals surface area contributed by atoms with E-state index in [0.29, 0.717) is 11.0 Å². The van der Waals surface area contributed by atoms with E-state index in [-0.39, 0.29) is 5.75 Å². The molecule has 0 radical (unpaired) electrons. The molecule has 0 spiro atoms. The second-order valence-electron chi connectivity index (χ2n) is 4.50. The van der Waals surface area contributed by atoms with Crippen molar-refractivity contribution in [2.45, 2.75) is 6.54 Å². The van der Waals surface area contributed by atoms with Gasteiger partial charge in [0.2, 0.25) is 0 Å². The minimum absolute atomic E-state index is 0.238. The summed E-state index contributed by atoms with van der Waals surface area (Å²) in [5, 5.41) is 20.7. The fraction of sp³-hybridized carbons (Fsp3) is 0.0667. The Balaban J connectivity index is 1.81. The molecule has 1 aromatic heterocycles. The fourth-order valence-corrected chi connectivity index (χ4v) is 2.44. The van der Waals surface area contributed by atoms with Gasteiger partial charge >= 0.3 is 0 Å². The van der Waals surface area contributed by atoms with Crippen molar-refractivity contribution < 1.29 is 5.11 Å². The lowest BCUT2D eigenvalue weighted by atomic mass is 10.2. The van der Waals surface area contributed by atoms with Crippen molar-refractivity contribution >= 4 is 21.6 Å². The summed E-state index contributed by atoms with van der Waals surface area (Å²) in [7, 11) is 0. The third-order valence-electron chi connectivity index (χ3n) is 3.07. The van der Waals surface area contributed by atoms with Crippen molar-refractivity contribution in [1.29, 1.82) is 0 Å². The quantitative estimate of drug-likeness (QED) is 0.761. The van der Waals surface area contributed by atoms with Crippen LogP contribution in [-0.4, -0.2) is 20.1 Å². The molecule has 0 aliphatic rings. The molecule has 0 aliphatic heterocycles. The number of hydrogen-bond acceptors (Lipinski definition) is 4. The Hall–Kier alpha value is -2.34. The fourth-order valence-electron chi connectivity index (χ4n) is 2.02. The number of para-hydroxylation sites is 2. The highest BCUT2D eigenvalue weighted by molar-refractivity contribution is 9.10. The third-order valence-corrected chi connectivity index (χ3v) is 3.70. The zero-order valence-corrected chi connectivity index (χ0v) is 12.7. The van der Waals surface area contributed by atoms with Gasteiger partial charge in [0, 0.05) is 6.54 Å². The monoisotopic (exact) mass is 344 g/mol. The largest absolute Gasteiger partial charge is 0.507 e. The highest BCUT2D eigenvalue weighted by Gasteiger charge is 2.05. The standard InChI is InChI=1S/C15H13BrN4O/c16-12-9-11(5-6-15(12)21)10-17-13-3-1-2-4-14(13)20-8-7-18-19-20/h1-9,17,21H,10H2. The molecule has 3 aromatic rings. The zero-order valence-electron chi connectivity index (χ0n) is 11.1. The molecule has 0 fully saturated rings. The van der Waals surface area contributed by atoms with Crippen LogP contribution in [0.5, 0.6) is 5.75 Å². The van der Waals surface area contributed by atoms with Gasteiger partial charge in [-0.05, 0) is 45.8 Å². The first-order chi connectivity index (χ1) is 10.2. The maximum atomic E-state index is 9.51. The summed E-state index contributed by atoms with van der Waals surface area (Å²) in [4.78, 5) is 0. The van der Waals surface area contributed by atoms with Gasteiger partial charge in [0.25, 0.3) is 0 Å². The van der Waals surface area contributed by atoms with Crippen LogP contribution in [0.25, 0.3) is 5.69 Å². The minimum atomic E-state index is 0.238. The van der Waals surface area contributed by atoms with E-state index in [1.54, 1.807) is 23.1 Å². The lowest BCUT2D eigenvalue weighted by Crippen LogP contribution is -2.05. The van der Waals surface area contributed by atoms with Crippen molar-refractivity contribution in [1.82, 2.24) is 15.0 Å². The van der Waals surface area contributed by atoms with E-state index < -0.39 is 0 Å². The molecule has 0 aliphatic carbocycles. The van der Waals surface area contributed by atoms with E-state index in [1.165, 1.54) is 0 Å². The van der Waals surface area contributed by atoms with Gasteiger partial charge in [-0.15, -0.1) is 5.10 Å². The molecule has 3 rings (SSSR count). The number of nitrogens with zero attached hydrogens (tertiary/aromatic N) is 3. The first kappa shape index (κ1) is 13.6. The molecule has 0 saturated carbocycles. The van der Waals surface area contributed by atoms with Crippen molar-refractivity contribution in [3.05, 3.63) is 64.9 Å². The predicted molar refractivity (Wildman–Crippen MR) is 84.5 cm³/mol. The molecule has 21 heavy (non-hydrogen) atoms. The van der Waals surface area contributed by atoms with Crippen LogP contribution in [0.2, 0.25) is 0 Å². The molecule has 0 bridgehead atoms.